The zero-order valence-electron chi connectivity index (χ0n) is 17.8. The lowest BCUT2D eigenvalue weighted by molar-refractivity contribution is -0.136. The fourth-order valence-electron chi connectivity index (χ4n) is 3.44. The number of nitrogens with zero attached hydrogens (tertiary/aromatic N) is 2. The Hall–Kier alpha value is -2.00. The van der Waals surface area contributed by atoms with E-state index in [0.29, 0.717) is 47.8 Å². The molecule has 0 saturated carbocycles. The number of carbonyl (C=O) groups excluding carboxylic acids is 3. The maximum Gasteiger partial charge on any atom is 0.294 e. The Kier molecular flexibility index (Phi) is 8.43. The fourth-order valence-corrected chi connectivity index (χ4v) is 4.86. The van der Waals surface area contributed by atoms with Gasteiger partial charge in [0.2, 0.25) is 5.91 Å². The average molecular weight is 511 g/mol. The van der Waals surface area contributed by atoms with Crippen LogP contribution in [-0.2, 0) is 9.59 Å². The molecule has 31 heavy (non-hydrogen) atoms. The molecule has 0 unspecified atom stereocenters. The zero-order valence-corrected chi connectivity index (χ0v) is 20.2. The fraction of sp³-hybridized carbons (Fsp3) is 0.500. The van der Waals surface area contributed by atoms with Gasteiger partial charge in [0.25, 0.3) is 11.1 Å². The maximum absolute atomic E-state index is 12.8. The van der Waals surface area contributed by atoms with Crippen LogP contribution in [0.5, 0.6) is 11.5 Å². The van der Waals surface area contributed by atoms with Crippen molar-refractivity contribution in [2.75, 3.05) is 32.8 Å². The molecule has 2 aliphatic heterocycles. The van der Waals surface area contributed by atoms with E-state index >= 15 is 0 Å². The molecule has 2 saturated heterocycles. The molecule has 7 nitrogen and oxygen atoms in total. The predicted molar refractivity (Wildman–Crippen MR) is 124 cm³/mol. The van der Waals surface area contributed by atoms with Crippen molar-refractivity contribution in [3.63, 3.8) is 0 Å². The zero-order chi connectivity index (χ0) is 22.4. The van der Waals surface area contributed by atoms with E-state index in [1.807, 2.05) is 19.9 Å². The molecule has 3 amide bonds. The molecule has 2 heterocycles. The lowest BCUT2D eigenvalue weighted by atomic mass is 10.1. The van der Waals surface area contributed by atoms with Gasteiger partial charge in [0.15, 0.2) is 11.5 Å². The van der Waals surface area contributed by atoms with Crippen LogP contribution in [-0.4, -0.2) is 59.7 Å². The number of halogens is 1. The number of ether oxygens (including phenoxy) is 2. The minimum absolute atomic E-state index is 0.179. The summed E-state index contributed by atoms with van der Waals surface area (Å²) in [6, 6.07) is 3.60. The summed E-state index contributed by atoms with van der Waals surface area (Å²) in [5.41, 5.74) is 0.701. The van der Waals surface area contributed by atoms with Crippen LogP contribution < -0.4 is 9.47 Å². The first-order valence-electron chi connectivity index (χ1n) is 10.6. The van der Waals surface area contributed by atoms with Crippen LogP contribution in [0.1, 0.15) is 45.1 Å². The summed E-state index contributed by atoms with van der Waals surface area (Å²) in [7, 11) is 0. The molecule has 168 valence electrons. The predicted octanol–water partition coefficient (Wildman–Crippen LogP) is 4.69. The first kappa shape index (κ1) is 23.7. The molecule has 0 N–H and O–H groups in total. The third kappa shape index (κ3) is 5.83. The molecular formula is C22H27BrN2O5S. The number of benzene rings is 1. The van der Waals surface area contributed by atoms with Gasteiger partial charge in [-0.05, 0) is 84.1 Å². The molecule has 0 radical (unpaired) electrons. The van der Waals surface area contributed by atoms with Gasteiger partial charge in [-0.25, -0.2) is 0 Å². The van der Waals surface area contributed by atoms with Gasteiger partial charge < -0.3 is 14.4 Å². The van der Waals surface area contributed by atoms with Crippen LogP contribution in [0, 0.1) is 0 Å². The number of amides is 3. The lowest BCUT2D eigenvalue weighted by Crippen LogP contribution is -2.44. The quantitative estimate of drug-likeness (QED) is 0.472. The van der Waals surface area contributed by atoms with Crippen LogP contribution in [0.3, 0.4) is 0 Å². The first-order chi connectivity index (χ1) is 14.9. The lowest BCUT2D eigenvalue weighted by Gasteiger charge is -2.27. The molecule has 9 heteroatoms. The Morgan fingerprint density at radius 3 is 2.58 bits per heavy atom. The van der Waals surface area contributed by atoms with Gasteiger partial charge in [-0.1, -0.05) is 6.92 Å². The molecule has 3 rings (SSSR count). The Bertz CT molecular complexity index is 883. The highest BCUT2D eigenvalue weighted by molar-refractivity contribution is 9.10. The molecule has 0 aliphatic carbocycles. The maximum atomic E-state index is 12.8. The molecule has 1 aromatic rings. The van der Waals surface area contributed by atoms with Gasteiger partial charge in [0.1, 0.15) is 6.54 Å². The van der Waals surface area contributed by atoms with E-state index in [-0.39, 0.29) is 17.4 Å². The van der Waals surface area contributed by atoms with Crippen molar-refractivity contribution in [1.82, 2.24) is 9.80 Å². The van der Waals surface area contributed by atoms with Crippen molar-refractivity contribution in [3.05, 3.63) is 27.1 Å². The second-order valence-electron chi connectivity index (χ2n) is 7.32. The highest BCUT2D eigenvalue weighted by Gasteiger charge is 2.37. The second-order valence-corrected chi connectivity index (χ2v) is 9.17. The Balaban J connectivity index is 1.77. The second kappa shape index (κ2) is 11.0. The summed E-state index contributed by atoms with van der Waals surface area (Å²) in [4.78, 5) is 40.8. The summed E-state index contributed by atoms with van der Waals surface area (Å²) in [5.74, 6) is 0.556. The van der Waals surface area contributed by atoms with Crippen molar-refractivity contribution in [2.45, 2.75) is 39.5 Å². The molecule has 0 bridgehead atoms. The number of imide groups is 1. The van der Waals surface area contributed by atoms with Crippen LogP contribution in [0.25, 0.3) is 6.08 Å². The highest BCUT2D eigenvalue weighted by Crippen LogP contribution is 2.39. The van der Waals surface area contributed by atoms with E-state index in [4.69, 9.17) is 9.47 Å². The molecule has 2 fully saturated rings. The van der Waals surface area contributed by atoms with Crippen molar-refractivity contribution < 1.29 is 23.9 Å². The number of carbonyl (C=O) groups is 3. The van der Waals surface area contributed by atoms with Gasteiger partial charge in [-0.15, -0.1) is 0 Å². The molecular weight excluding hydrogens is 484 g/mol. The molecule has 0 atom stereocenters. The first-order valence-corrected chi connectivity index (χ1v) is 12.2. The number of piperidine rings is 1. The van der Waals surface area contributed by atoms with Crippen LogP contribution in [0.4, 0.5) is 4.79 Å². The minimum Gasteiger partial charge on any atom is -0.490 e. The summed E-state index contributed by atoms with van der Waals surface area (Å²) in [5, 5.41) is -0.423. The van der Waals surface area contributed by atoms with Crippen LogP contribution in [0.15, 0.2) is 21.5 Å². The molecule has 0 aromatic heterocycles. The van der Waals surface area contributed by atoms with Crippen LogP contribution in [0.2, 0.25) is 0 Å². The number of thioether (sulfide) groups is 1. The van der Waals surface area contributed by atoms with E-state index in [9.17, 15) is 14.4 Å². The van der Waals surface area contributed by atoms with Crippen molar-refractivity contribution in [2.24, 2.45) is 0 Å². The van der Waals surface area contributed by atoms with E-state index in [1.54, 1.807) is 17.0 Å². The number of rotatable bonds is 8. The molecule has 0 spiro atoms. The summed E-state index contributed by atoms with van der Waals surface area (Å²) in [6.07, 6.45) is 5.54. The van der Waals surface area contributed by atoms with E-state index in [0.717, 1.165) is 42.3 Å². The number of hydrogen-bond acceptors (Lipinski definition) is 6. The number of likely N-dealkylation sites (tertiary alicyclic amines) is 1. The topological polar surface area (TPSA) is 76.2 Å². The van der Waals surface area contributed by atoms with E-state index < -0.39 is 11.1 Å². The Labute approximate surface area is 195 Å². The summed E-state index contributed by atoms with van der Waals surface area (Å²) >= 11 is 4.36. The van der Waals surface area contributed by atoms with Gasteiger partial charge in [-0.2, -0.15) is 0 Å². The monoisotopic (exact) mass is 510 g/mol. The van der Waals surface area contributed by atoms with Gasteiger partial charge in [-0.3, -0.25) is 19.3 Å². The van der Waals surface area contributed by atoms with Gasteiger partial charge >= 0.3 is 0 Å². The molecule has 2 aliphatic rings. The SMILES string of the molecule is CCCOc1c(Br)cc(/C=C2\SC(=O)N(CC(=O)N3CCCCC3)C2=O)cc1OCC. The van der Waals surface area contributed by atoms with E-state index in [2.05, 4.69) is 15.9 Å². The summed E-state index contributed by atoms with van der Waals surface area (Å²) in [6.45, 7) is 6.09. The van der Waals surface area contributed by atoms with Crippen LogP contribution >= 0.6 is 27.7 Å². The van der Waals surface area contributed by atoms with E-state index in [1.165, 1.54) is 0 Å². The third-order valence-corrected chi connectivity index (χ3v) is 6.45. The Morgan fingerprint density at radius 1 is 1.16 bits per heavy atom. The smallest absolute Gasteiger partial charge is 0.294 e. The normalized spacial score (nSPS) is 18.1. The summed E-state index contributed by atoms with van der Waals surface area (Å²) < 4.78 is 12.2. The van der Waals surface area contributed by atoms with Crippen molar-refractivity contribution in [3.8, 4) is 11.5 Å². The Morgan fingerprint density at radius 2 is 1.90 bits per heavy atom. The standard InChI is InChI=1S/C22H27BrN2O5S/c1-3-10-30-20-16(23)11-15(12-17(20)29-4-2)13-18-21(27)25(22(28)31-18)14-19(26)24-8-6-5-7-9-24/h11-13H,3-10,14H2,1-2H3/b18-13-. The third-order valence-electron chi connectivity index (χ3n) is 4.96. The van der Waals surface area contributed by atoms with Gasteiger partial charge in [0, 0.05) is 13.1 Å². The van der Waals surface area contributed by atoms with Crippen molar-refractivity contribution >= 4 is 50.8 Å². The largest absolute Gasteiger partial charge is 0.490 e. The number of hydrogen-bond donors (Lipinski definition) is 0. The minimum atomic E-state index is -0.444. The van der Waals surface area contributed by atoms with Gasteiger partial charge in [0.05, 0.1) is 22.6 Å². The highest BCUT2D eigenvalue weighted by atomic mass is 79.9. The molecule has 1 aromatic carbocycles. The average Bonchev–Trinajstić information content (AvgIpc) is 3.01. The van der Waals surface area contributed by atoms with Crippen molar-refractivity contribution in [1.29, 1.82) is 0 Å².